The third kappa shape index (κ3) is 2.03. The molecule has 1 aromatic rings. The van der Waals surface area contributed by atoms with Gasteiger partial charge in [0.05, 0.1) is 6.61 Å². The maximum Gasteiger partial charge on any atom is 0.0560 e. The summed E-state index contributed by atoms with van der Waals surface area (Å²) in [6.07, 6.45) is 2.00. The van der Waals surface area contributed by atoms with E-state index in [4.69, 9.17) is 22.1 Å². The molecule has 0 saturated heterocycles. The van der Waals surface area contributed by atoms with E-state index in [2.05, 4.69) is 12.1 Å². The van der Waals surface area contributed by atoms with Crippen LogP contribution in [0.5, 0.6) is 0 Å². The molecule has 0 radical (unpaired) electrons. The van der Waals surface area contributed by atoms with Crippen LogP contribution in [0.1, 0.15) is 18.4 Å². The number of halogens is 1. The summed E-state index contributed by atoms with van der Waals surface area (Å²) in [5.74, 6) is 0. The fraction of sp³-hybridized carbons (Fsp3) is 0.500. The largest absolute Gasteiger partial charge is 0.384 e. The summed E-state index contributed by atoms with van der Waals surface area (Å²) in [7, 11) is 1.74. The molecule has 82 valence electrons. The quantitative estimate of drug-likeness (QED) is 0.857. The third-order valence-corrected chi connectivity index (χ3v) is 3.44. The lowest BCUT2D eigenvalue weighted by atomic mass is 9.62. The molecule has 2 N–H and O–H groups in total. The van der Waals surface area contributed by atoms with Gasteiger partial charge in [0, 0.05) is 23.6 Å². The fourth-order valence-corrected chi connectivity index (χ4v) is 2.59. The maximum absolute atomic E-state index is 5.87. The van der Waals surface area contributed by atoms with Crippen molar-refractivity contribution in [1.29, 1.82) is 0 Å². The molecule has 15 heavy (non-hydrogen) atoms. The van der Waals surface area contributed by atoms with Crippen molar-refractivity contribution in [2.45, 2.75) is 24.3 Å². The van der Waals surface area contributed by atoms with Crippen molar-refractivity contribution >= 4 is 11.6 Å². The Labute approximate surface area is 95.4 Å². The molecule has 1 aromatic carbocycles. The summed E-state index contributed by atoms with van der Waals surface area (Å²) in [5, 5.41) is 0.773. The minimum absolute atomic E-state index is 0.124. The van der Waals surface area contributed by atoms with Crippen LogP contribution in [0.15, 0.2) is 24.3 Å². The molecule has 2 rings (SSSR count). The van der Waals surface area contributed by atoms with E-state index in [1.54, 1.807) is 7.11 Å². The number of rotatable bonds is 3. The van der Waals surface area contributed by atoms with Gasteiger partial charge in [-0.25, -0.2) is 0 Å². The van der Waals surface area contributed by atoms with Gasteiger partial charge >= 0.3 is 0 Å². The predicted molar refractivity (Wildman–Crippen MR) is 62.2 cm³/mol. The van der Waals surface area contributed by atoms with Gasteiger partial charge in [0.25, 0.3) is 0 Å². The Bertz CT molecular complexity index is 324. The number of nitrogens with two attached hydrogens (primary N) is 1. The first-order valence-electron chi connectivity index (χ1n) is 5.17. The Morgan fingerprint density at radius 1 is 1.40 bits per heavy atom. The molecule has 1 aliphatic carbocycles. The van der Waals surface area contributed by atoms with Crippen LogP contribution < -0.4 is 5.73 Å². The lowest BCUT2D eigenvalue weighted by Crippen LogP contribution is -2.51. The molecule has 1 fully saturated rings. The van der Waals surface area contributed by atoms with Crippen molar-refractivity contribution in [3.8, 4) is 0 Å². The summed E-state index contributed by atoms with van der Waals surface area (Å²) >= 11 is 5.87. The van der Waals surface area contributed by atoms with E-state index >= 15 is 0 Å². The monoisotopic (exact) mass is 225 g/mol. The molecule has 0 atom stereocenters. The van der Waals surface area contributed by atoms with Gasteiger partial charge in [-0.15, -0.1) is 0 Å². The van der Waals surface area contributed by atoms with Crippen LogP contribution in [0, 0.1) is 0 Å². The smallest absolute Gasteiger partial charge is 0.0560 e. The van der Waals surface area contributed by atoms with E-state index in [-0.39, 0.29) is 5.41 Å². The zero-order chi connectivity index (χ0) is 10.9. The predicted octanol–water partition coefficient (Wildman–Crippen LogP) is 2.35. The molecule has 2 nitrogen and oxygen atoms in total. The molecule has 3 heteroatoms. The highest BCUT2D eigenvalue weighted by molar-refractivity contribution is 6.30. The maximum atomic E-state index is 5.87. The molecule has 1 aliphatic rings. The Morgan fingerprint density at radius 3 is 2.47 bits per heavy atom. The lowest BCUT2D eigenvalue weighted by Gasteiger charge is -2.46. The zero-order valence-corrected chi connectivity index (χ0v) is 9.63. The average molecular weight is 226 g/mol. The number of benzene rings is 1. The van der Waals surface area contributed by atoms with Crippen LogP contribution in [0.25, 0.3) is 0 Å². The normalized spacial score (nSPS) is 29.9. The molecule has 0 aliphatic heterocycles. The number of hydrogen-bond acceptors (Lipinski definition) is 2. The number of hydrogen-bond donors (Lipinski definition) is 1. The van der Waals surface area contributed by atoms with Crippen LogP contribution in [0.3, 0.4) is 0 Å². The van der Waals surface area contributed by atoms with E-state index in [0.29, 0.717) is 6.04 Å². The van der Waals surface area contributed by atoms with Crippen molar-refractivity contribution < 1.29 is 4.74 Å². The van der Waals surface area contributed by atoms with E-state index in [1.807, 2.05) is 12.1 Å². The van der Waals surface area contributed by atoms with Gasteiger partial charge in [-0.05, 0) is 30.5 Å². The Balaban J connectivity index is 2.22. The van der Waals surface area contributed by atoms with Gasteiger partial charge in [-0.3, -0.25) is 0 Å². The molecular weight excluding hydrogens is 210 g/mol. The van der Waals surface area contributed by atoms with E-state index in [9.17, 15) is 0 Å². The highest BCUT2D eigenvalue weighted by Gasteiger charge is 2.43. The first-order valence-corrected chi connectivity index (χ1v) is 5.55. The Kier molecular flexibility index (Phi) is 3.01. The van der Waals surface area contributed by atoms with Crippen LogP contribution >= 0.6 is 11.6 Å². The molecule has 0 heterocycles. The first kappa shape index (κ1) is 10.9. The molecular formula is C12H16ClNO. The minimum atomic E-state index is 0.124. The minimum Gasteiger partial charge on any atom is -0.384 e. The van der Waals surface area contributed by atoms with Gasteiger partial charge in [0.1, 0.15) is 0 Å². The van der Waals surface area contributed by atoms with E-state index < -0.39 is 0 Å². The summed E-state index contributed by atoms with van der Waals surface area (Å²) in [6, 6.07) is 8.33. The second kappa shape index (κ2) is 4.12. The van der Waals surface area contributed by atoms with Crippen LogP contribution in [-0.2, 0) is 10.2 Å². The average Bonchev–Trinajstić information content (AvgIpc) is 2.16. The van der Waals surface area contributed by atoms with E-state index in [1.165, 1.54) is 5.56 Å². The van der Waals surface area contributed by atoms with Crippen molar-refractivity contribution in [1.82, 2.24) is 0 Å². The Morgan fingerprint density at radius 2 is 2.00 bits per heavy atom. The topological polar surface area (TPSA) is 35.2 Å². The fourth-order valence-electron chi connectivity index (χ4n) is 2.46. The van der Waals surface area contributed by atoms with Crippen LogP contribution in [-0.4, -0.2) is 19.8 Å². The molecule has 0 spiro atoms. The second-order valence-electron chi connectivity index (χ2n) is 4.39. The van der Waals surface area contributed by atoms with Gasteiger partial charge < -0.3 is 10.5 Å². The highest BCUT2D eigenvalue weighted by atomic mass is 35.5. The van der Waals surface area contributed by atoms with Gasteiger partial charge in [-0.1, -0.05) is 23.7 Å². The third-order valence-electron chi connectivity index (χ3n) is 3.18. The van der Waals surface area contributed by atoms with Gasteiger partial charge in [0.15, 0.2) is 0 Å². The van der Waals surface area contributed by atoms with E-state index in [0.717, 1.165) is 24.5 Å². The first-order chi connectivity index (χ1) is 7.16. The number of methoxy groups -OCH3 is 1. The highest BCUT2D eigenvalue weighted by Crippen LogP contribution is 2.43. The zero-order valence-electron chi connectivity index (χ0n) is 8.87. The lowest BCUT2D eigenvalue weighted by molar-refractivity contribution is 0.0662. The molecule has 1 saturated carbocycles. The van der Waals surface area contributed by atoms with Crippen LogP contribution in [0.2, 0.25) is 5.02 Å². The van der Waals surface area contributed by atoms with Crippen molar-refractivity contribution in [3.05, 3.63) is 34.9 Å². The van der Waals surface area contributed by atoms with Crippen molar-refractivity contribution in [2.75, 3.05) is 13.7 Å². The number of ether oxygens (including phenoxy) is 1. The van der Waals surface area contributed by atoms with Crippen LogP contribution in [0.4, 0.5) is 0 Å². The van der Waals surface area contributed by atoms with Gasteiger partial charge in [0.2, 0.25) is 0 Å². The standard InChI is InChI=1S/C12H16ClNO/c1-15-8-12(6-11(14)7-12)9-2-4-10(13)5-3-9/h2-5,11H,6-8,14H2,1H3. The summed E-state index contributed by atoms with van der Waals surface area (Å²) in [5.41, 5.74) is 7.28. The summed E-state index contributed by atoms with van der Waals surface area (Å²) in [4.78, 5) is 0. The second-order valence-corrected chi connectivity index (χ2v) is 4.82. The molecule has 0 bridgehead atoms. The summed E-state index contributed by atoms with van der Waals surface area (Å²) < 4.78 is 5.29. The van der Waals surface area contributed by atoms with Gasteiger partial charge in [-0.2, -0.15) is 0 Å². The molecule has 0 unspecified atom stereocenters. The SMILES string of the molecule is COCC1(c2ccc(Cl)cc2)CC(N)C1. The van der Waals surface area contributed by atoms with Crippen molar-refractivity contribution in [2.24, 2.45) is 5.73 Å². The van der Waals surface area contributed by atoms with Crippen molar-refractivity contribution in [3.63, 3.8) is 0 Å². The molecule has 0 aromatic heterocycles. The molecule has 0 amide bonds. The Hall–Kier alpha value is -0.570. The summed E-state index contributed by atoms with van der Waals surface area (Å²) in [6.45, 7) is 0.738.